The van der Waals surface area contributed by atoms with Gasteiger partial charge in [0.2, 0.25) is 5.91 Å². The van der Waals surface area contributed by atoms with Gasteiger partial charge in [0.1, 0.15) is 12.3 Å². The number of hydrogen-bond donors (Lipinski definition) is 1. The third-order valence-electron chi connectivity index (χ3n) is 6.30. The Bertz CT molecular complexity index is 1210. The number of likely N-dealkylation sites (tertiary alicyclic amines) is 1. The summed E-state index contributed by atoms with van der Waals surface area (Å²) in [5, 5.41) is 2.45. The molecule has 2 aromatic carbocycles. The molecule has 0 radical (unpaired) electrons. The molecule has 11 heteroatoms. The highest BCUT2D eigenvalue weighted by molar-refractivity contribution is 5.95. The summed E-state index contributed by atoms with van der Waals surface area (Å²) >= 11 is 0. The molecular formula is C23H18F5N3O3. The van der Waals surface area contributed by atoms with Crippen molar-refractivity contribution >= 4 is 23.2 Å². The Balaban J connectivity index is 1.31. The number of benzene rings is 2. The third-order valence-corrected chi connectivity index (χ3v) is 6.30. The number of nitrogens with one attached hydrogen (secondary N) is 1. The van der Waals surface area contributed by atoms with Crippen molar-refractivity contribution in [3.05, 3.63) is 65.2 Å². The number of carbonyl (C=O) groups is 2. The van der Waals surface area contributed by atoms with E-state index in [0.29, 0.717) is 17.6 Å². The molecule has 3 amide bonds. The number of carbonyl (C=O) groups excluding carboxylic acids is 2. The van der Waals surface area contributed by atoms with Gasteiger partial charge in [0.05, 0.1) is 18.3 Å². The predicted molar refractivity (Wildman–Crippen MR) is 110 cm³/mol. The number of amides is 3. The van der Waals surface area contributed by atoms with E-state index in [1.807, 2.05) is 0 Å². The number of para-hydroxylation sites is 1. The Hall–Kier alpha value is -3.63. The monoisotopic (exact) mass is 479 g/mol. The zero-order valence-electron chi connectivity index (χ0n) is 17.5. The van der Waals surface area contributed by atoms with Gasteiger partial charge in [0.25, 0.3) is 0 Å². The van der Waals surface area contributed by atoms with E-state index >= 15 is 0 Å². The number of urea groups is 1. The van der Waals surface area contributed by atoms with Crippen LogP contribution in [0.2, 0.25) is 0 Å². The highest BCUT2D eigenvalue weighted by Crippen LogP contribution is 2.45. The molecule has 6 nitrogen and oxygen atoms in total. The van der Waals surface area contributed by atoms with E-state index in [2.05, 4.69) is 10.1 Å². The predicted octanol–water partition coefficient (Wildman–Crippen LogP) is 4.53. The lowest BCUT2D eigenvalue weighted by Crippen LogP contribution is -2.47. The molecule has 1 N–H and O–H groups in total. The quantitative estimate of drug-likeness (QED) is 0.656. The highest BCUT2D eigenvalue weighted by atomic mass is 19.4. The minimum Gasteiger partial charge on any atom is -0.405 e. The summed E-state index contributed by atoms with van der Waals surface area (Å²) in [7, 11) is 0. The number of hydrogen-bond acceptors (Lipinski definition) is 3. The first-order valence-electron chi connectivity index (χ1n) is 10.5. The second-order valence-electron chi connectivity index (χ2n) is 8.39. The second-order valence-corrected chi connectivity index (χ2v) is 8.39. The summed E-state index contributed by atoms with van der Waals surface area (Å²) in [5.74, 6) is -3.01. The number of ether oxygens (including phenoxy) is 1. The van der Waals surface area contributed by atoms with E-state index in [4.69, 9.17) is 0 Å². The van der Waals surface area contributed by atoms with Gasteiger partial charge in [0, 0.05) is 23.6 Å². The van der Waals surface area contributed by atoms with Gasteiger partial charge < -0.3 is 19.9 Å². The number of halogens is 5. The van der Waals surface area contributed by atoms with Gasteiger partial charge in [-0.1, -0.05) is 24.3 Å². The van der Waals surface area contributed by atoms with Crippen LogP contribution in [0.5, 0.6) is 5.75 Å². The van der Waals surface area contributed by atoms with Crippen molar-refractivity contribution < 1.29 is 36.3 Å². The molecule has 1 aliphatic carbocycles. The van der Waals surface area contributed by atoms with Gasteiger partial charge in [-0.3, -0.25) is 4.79 Å². The molecule has 2 bridgehead atoms. The SMILES string of the molecule is O=C1Nc2ccc(F)c(F)c2CN1CC(=O)N1C[C@@H]2C[C@H]1C=C2c1ccccc1OC(F)(F)F. The first kappa shape index (κ1) is 22.2. The molecule has 0 unspecified atom stereocenters. The summed E-state index contributed by atoms with van der Waals surface area (Å²) in [6.07, 6.45) is -2.55. The molecule has 0 aromatic heterocycles. The molecule has 0 spiro atoms. The Morgan fingerprint density at radius 1 is 1.15 bits per heavy atom. The summed E-state index contributed by atoms with van der Waals surface area (Å²) in [5.41, 5.74) is 1.11. The lowest BCUT2D eigenvalue weighted by atomic mass is 9.94. The van der Waals surface area contributed by atoms with Crippen molar-refractivity contribution in [1.29, 1.82) is 0 Å². The van der Waals surface area contributed by atoms with Gasteiger partial charge in [-0.05, 0) is 30.2 Å². The molecule has 0 saturated carbocycles. The average molecular weight is 479 g/mol. The van der Waals surface area contributed by atoms with Gasteiger partial charge in [-0.25, -0.2) is 13.6 Å². The summed E-state index contributed by atoms with van der Waals surface area (Å²) in [6.45, 7) is -0.339. The maximum absolute atomic E-state index is 14.1. The third kappa shape index (κ3) is 3.95. The summed E-state index contributed by atoms with van der Waals surface area (Å²) in [6, 6.07) is 7.07. The minimum atomic E-state index is -4.83. The maximum Gasteiger partial charge on any atom is 0.573 e. The van der Waals surface area contributed by atoms with Crippen LogP contribution < -0.4 is 10.1 Å². The van der Waals surface area contributed by atoms with Crippen LogP contribution in [0.3, 0.4) is 0 Å². The molecule has 34 heavy (non-hydrogen) atoms. The lowest BCUT2D eigenvalue weighted by Gasteiger charge is -2.32. The zero-order chi connectivity index (χ0) is 24.2. The first-order valence-corrected chi connectivity index (χ1v) is 10.5. The van der Waals surface area contributed by atoms with Crippen LogP contribution in [-0.4, -0.2) is 47.2 Å². The number of rotatable bonds is 4. The Morgan fingerprint density at radius 2 is 1.91 bits per heavy atom. The molecule has 178 valence electrons. The van der Waals surface area contributed by atoms with Gasteiger partial charge in [0.15, 0.2) is 11.6 Å². The van der Waals surface area contributed by atoms with Crippen LogP contribution in [0.25, 0.3) is 5.57 Å². The Morgan fingerprint density at radius 3 is 2.62 bits per heavy atom. The molecule has 5 rings (SSSR count). The summed E-state index contributed by atoms with van der Waals surface area (Å²) < 4.78 is 70.2. The van der Waals surface area contributed by atoms with E-state index < -0.39 is 29.9 Å². The molecule has 2 aliphatic heterocycles. The molecule has 1 saturated heterocycles. The number of alkyl halides is 3. The smallest absolute Gasteiger partial charge is 0.405 e. The van der Waals surface area contributed by atoms with Gasteiger partial charge >= 0.3 is 12.4 Å². The highest BCUT2D eigenvalue weighted by Gasteiger charge is 2.43. The molecule has 3 aliphatic rings. The fraction of sp³-hybridized carbons (Fsp3) is 0.304. The van der Waals surface area contributed by atoms with Crippen molar-refractivity contribution in [3.8, 4) is 5.75 Å². The van der Waals surface area contributed by atoms with Crippen LogP contribution >= 0.6 is 0 Å². The standard InChI is InChI=1S/C23H18F5N3O3/c24-17-5-6-18-16(21(17)25)10-30(22(33)29-18)11-20(32)31-9-12-7-13(31)8-15(12)14-3-1-2-4-19(14)34-23(26,27)28/h1-6,8,12-13H,7,9-11H2,(H,29,33)/t12-,13-/m0/s1. The van der Waals surface area contributed by atoms with E-state index in [1.165, 1.54) is 18.2 Å². The van der Waals surface area contributed by atoms with Crippen molar-refractivity contribution in [1.82, 2.24) is 9.80 Å². The minimum absolute atomic E-state index is 0.0428. The topological polar surface area (TPSA) is 61.9 Å². The average Bonchev–Trinajstić information content (AvgIpc) is 3.38. The lowest BCUT2D eigenvalue weighted by molar-refractivity contribution is -0.274. The van der Waals surface area contributed by atoms with Crippen molar-refractivity contribution in [3.63, 3.8) is 0 Å². The van der Waals surface area contributed by atoms with E-state index in [0.717, 1.165) is 11.0 Å². The summed E-state index contributed by atoms with van der Waals surface area (Å²) in [4.78, 5) is 27.9. The van der Waals surface area contributed by atoms with Crippen molar-refractivity contribution in [2.75, 3.05) is 18.4 Å². The molecular weight excluding hydrogens is 461 g/mol. The normalized spacial score (nSPS) is 21.3. The van der Waals surface area contributed by atoms with Crippen LogP contribution in [0, 0.1) is 17.6 Å². The van der Waals surface area contributed by atoms with E-state index in [9.17, 15) is 31.5 Å². The Labute approximate surface area is 190 Å². The number of fused-ring (bicyclic) bond motifs is 3. The van der Waals surface area contributed by atoms with E-state index in [-0.39, 0.29) is 48.6 Å². The molecule has 2 atom stereocenters. The fourth-order valence-corrected chi connectivity index (χ4v) is 4.81. The number of anilines is 1. The molecule has 1 fully saturated rings. The maximum atomic E-state index is 14.1. The van der Waals surface area contributed by atoms with Crippen LogP contribution in [0.4, 0.5) is 32.4 Å². The van der Waals surface area contributed by atoms with Crippen molar-refractivity contribution in [2.45, 2.75) is 25.4 Å². The first-order chi connectivity index (χ1) is 16.1. The van der Waals surface area contributed by atoms with Crippen LogP contribution in [0.1, 0.15) is 17.5 Å². The molecule has 2 heterocycles. The fourth-order valence-electron chi connectivity index (χ4n) is 4.81. The molecule has 2 aromatic rings. The second kappa shape index (κ2) is 8.00. The largest absolute Gasteiger partial charge is 0.573 e. The van der Waals surface area contributed by atoms with Gasteiger partial charge in [-0.15, -0.1) is 13.2 Å². The van der Waals surface area contributed by atoms with Crippen LogP contribution in [0.15, 0.2) is 42.5 Å². The van der Waals surface area contributed by atoms with Crippen LogP contribution in [-0.2, 0) is 11.3 Å². The van der Waals surface area contributed by atoms with Gasteiger partial charge in [-0.2, -0.15) is 0 Å². The Kier molecular flexibility index (Phi) is 5.22. The zero-order valence-corrected chi connectivity index (χ0v) is 17.5. The number of nitrogens with zero attached hydrogens (tertiary/aromatic N) is 2. The van der Waals surface area contributed by atoms with Crippen molar-refractivity contribution in [2.24, 2.45) is 5.92 Å². The van der Waals surface area contributed by atoms with E-state index in [1.54, 1.807) is 23.1 Å².